The molecule has 1 amide bonds. The molecule has 27 heavy (non-hydrogen) atoms. The molecule has 0 bridgehead atoms. The summed E-state index contributed by atoms with van der Waals surface area (Å²) in [6.45, 7) is 0.707. The van der Waals surface area contributed by atoms with E-state index in [4.69, 9.17) is 14.2 Å². The van der Waals surface area contributed by atoms with E-state index in [1.54, 1.807) is 27.4 Å². The standard InChI is InChI=1S/C21H28N2O4/c1-23(2)14-17(15-9-7-6-8-10-15)22-19(24)13-16-11-12-18(25-3)21(27-5)20(16)26-4/h6-12,17H,13-14H2,1-5H3,(H,22,24)/t17-/m0/s1. The smallest absolute Gasteiger partial charge is 0.225 e. The van der Waals surface area contributed by atoms with Crippen molar-refractivity contribution >= 4 is 5.91 Å². The monoisotopic (exact) mass is 372 g/mol. The van der Waals surface area contributed by atoms with Gasteiger partial charge in [0.2, 0.25) is 11.7 Å². The molecule has 6 nitrogen and oxygen atoms in total. The zero-order valence-electron chi connectivity index (χ0n) is 16.6. The second-order valence-electron chi connectivity index (χ2n) is 6.46. The summed E-state index contributed by atoms with van der Waals surface area (Å²) in [4.78, 5) is 14.8. The lowest BCUT2D eigenvalue weighted by Crippen LogP contribution is -2.36. The minimum atomic E-state index is -0.0974. The molecule has 1 atom stereocenters. The van der Waals surface area contributed by atoms with Crippen LogP contribution >= 0.6 is 0 Å². The van der Waals surface area contributed by atoms with Crippen molar-refractivity contribution in [3.8, 4) is 17.2 Å². The van der Waals surface area contributed by atoms with Gasteiger partial charge in [-0.15, -0.1) is 0 Å². The Morgan fingerprint density at radius 2 is 1.63 bits per heavy atom. The van der Waals surface area contributed by atoms with E-state index in [2.05, 4.69) is 10.2 Å². The molecule has 6 heteroatoms. The van der Waals surface area contributed by atoms with Gasteiger partial charge in [0.25, 0.3) is 0 Å². The van der Waals surface area contributed by atoms with Gasteiger partial charge in [-0.05, 0) is 25.7 Å². The highest BCUT2D eigenvalue weighted by Gasteiger charge is 2.20. The first-order valence-corrected chi connectivity index (χ1v) is 8.77. The molecule has 2 rings (SSSR count). The van der Waals surface area contributed by atoms with E-state index in [0.29, 0.717) is 23.8 Å². The van der Waals surface area contributed by atoms with Crippen molar-refractivity contribution in [3.63, 3.8) is 0 Å². The molecule has 2 aromatic carbocycles. The fourth-order valence-electron chi connectivity index (χ4n) is 3.01. The first-order chi connectivity index (χ1) is 13.0. The van der Waals surface area contributed by atoms with Gasteiger partial charge in [-0.2, -0.15) is 0 Å². The Kier molecular flexibility index (Phi) is 7.49. The van der Waals surface area contributed by atoms with Crippen LogP contribution in [0.4, 0.5) is 0 Å². The molecule has 0 heterocycles. The second kappa shape index (κ2) is 9.83. The summed E-state index contributed by atoms with van der Waals surface area (Å²) in [6, 6.07) is 13.5. The molecule has 0 aromatic heterocycles. The van der Waals surface area contributed by atoms with Crippen molar-refractivity contribution in [2.75, 3.05) is 42.0 Å². The van der Waals surface area contributed by atoms with Crippen molar-refractivity contribution in [2.45, 2.75) is 12.5 Å². The molecule has 0 saturated carbocycles. The van der Waals surface area contributed by atoms with Gasteiger partial charge in [0.1, 0.15) is 0 Å². The lowest BCUT2D eigenvalue weighted by atomic mass is 10.0. The molecule has 2 aromatic rings. The van der Waals surface area contributed by atoms with E-state index in [9.17, 15) is 4.79 Å². The molecule has 0 fully saturated rings. The van der Waals surface area contributed by atoms with Crippen LogP contribution in [-0.2, 0) is 11.2 Å². The zero-order chi connectivity index (χ0) is 19.8. The van der Waals surface area contributed by atoms with Crippen LogP contribution in [0.1, 0.15) is 17.2 Å². The number of nitrogens with zero attached hydrogens (tertiary/aromatic N) is 1. The predicted octanol–water partition coefficient (Wildman–Crippen LogP) is 2.67. The number of hydrogen-bond donors (Lipinski definition) is 1. The van der Waals surface area contributed by atoms with Gasteiger partial charge in [0.15, 0.2) is 11.5 Å². The molecule has 0 radical (unpaired) electrons. The topological polar surface area (TPSA) is 60.0 Å². The molecular weight excluding hydrogens is 344 g/mol. The number of hydrogen-bond acceptors (Lipinski definition) is 5. The van der Waals surface area contributed by atoms with E-state index in [0.717, 1.165) is 11.1 Å². The van der Waals surface area contributed by atoms with Crippen LogP contribution < -0.4 is 19.5 Å². The SMILES string of the molecule is COc1ccc(CC(=O)N[C@@H](CN(C)C)c2ccccc2)c(OC)c1OC. The number of carbonyl (C=O) groups excluding carboxylic acids is 1. The maximum atomic E-state index is 12.7. The van der Waals surface area contributed by atoms with E-state index >= 15 is 0 Å². The van der Waals surface area contributed by atoms with Crippen LogP contribution in [0.3, 0.4) is 0 Å². The van der Waals surface area contributed by atoms with Crippen LogP contribution in [-0.4, -0.2) is 52.8 Å². The Balaban J connectivity index is 2.20. The minimum absolute atomic E-state index is 0.0868. The number of carbonyl (C=O) groups is 1. The van der Waals surface area contributed by atoms with Crippen molar-refractivity contribution in [1.82, 2.24) is 10.2 Å². The third kappa shape index (κ3) is 5.37. The molecule has 0 aliphatic carbocycles. The van der Waals surface area contributed by atoms with Gasteiger partial charge in [0, 0.05) is 12.1 Å². The molecule has 0 aliphatic heterocycles. The predicted molar refractivity (Wildman–Crippen MR) is 106 cm³/mol. The van der Waals surface area contributed by atoms with Crippen LogP contribution in [0.25, 0.3) is 0 Å². The van der Waals surface area contributed by atoms with Gasteiger partial charge in [-0.1, -0.05) is 36.4 Å². The minimum Gasteiger partial charge on any atom is -0.493 e. The van der Waals surface area contributed by atoms with Crippen molar-refractivity contribution < 1.29 is 19.0 Å². The quantitative estimate of drug-likeness (QED) is 0.733. The van der Waals surface area contributed by atoms with Crippen LogP contribution in [0, 0.1) is 0 Å². The number of rotatable bonds is 9. The molecule has 0 aliphatic rings. The van der Waals surface area contributed by atoms with Gasteiger partial charge >= 0.3 is 0 Å². The molecule has 146 valence electrons. The van der Waals surface area contributed by atoms with E-state index in [1.165, 1.54) is 0 Å². The van der Waals surface area contributed by atoms with E-state index in [1.807, 2.05) is 50.5 Å². The number of amides is 1. The first kappa shape index (κ1) is 20.6. The summed E-state index contributed by atoms with van der Waals surface area (Å²) in [7, 11) is 8.64. The fraction of sp³-hybridized carbons (Fsp3) is 0.381. The number of methoxy groups -OCH3 is 3. The van der Waals surface area contributed by atoms with E-state index < -0.39 is 0 Å². The first-order valence-electron chi connectivity index (χ1n) is 8.77. The lowest BCUT2D eigenvalue weighted by Gasteiger charge is -2.23. The Morgan fingerprint density at radius 1 is 0.963 bits per heavy atom. The van der Waals surface area contributed by atoms with Gasteiger partial charge < -0.3 is 24.4 Å². The summed E-state index contributed by atoms with van der Waals surface area (Å²) in [5.41, 5.74) is 1.81. The third-order valence-electron chi connectivity index (χ3n) is 4.22. The Hall–Kier alpha value is -2.73. The summed E-state index contributed by atoms with van der Waals surface area (Å²) in [6.07, 6.45) is 0.181. The normalized spacial score (nSPS) is 11.8. The Morgan fingerprint density at radius 3 is 2.19 bits per heavy atom. The summed E-state index contributed by atoms with van der Waals surface area (Å²) in [5, 5.41) is 3.12. The largest absolute Gasteiger partial charge is 0.493 e. The Bertz CT molecular complexity index is 747. The fourth-order valence-corrected chi connectivity index (χ4v) is 3.01. The summed E-state index contributed by atoms with van der Waals surface area (Å²) >= 11 is 0. The summed E-state index contributed by atoms with van der Waals surface area (Å²) < 4.78 is 16.2. The average Bonchev–Trinajstić information content (AvgIpc) is 2.67. The van der Waals surface area contributed by atoms with Crippen molar-refractivity contribution in [1.29, 1.82) is 0 Å². The van der Waals surface area contributed by atoms with Gasteiger partial charge in [0.05, 0.1) is 33.8 Å². The van der Waals surface area contributed by atoms with E-state index in [-0.39, 0.29) is 18.4 Å². The molecule has 0 unspecified atom stereocenters. The van der Waals surface area contributed by atoms with Crippen molar-refractivity contribution in [3.05, 3.63) is 53.6 Å². The highest BCUT2D eigenvalue weighted by molar-refractivity contribution is 5.80. The third-order valence-corrected chi connectivity index (χ3v) is 4.22. The molecule has 0 spiro atoms. The maximum Gasteiger partial charge on any atom is 0.225 e. The van der Waals surface area contributed by atoms with Crippen LogP contribution in [0.2, 0.25) is 0 Å². The summed E-state index contributed by atoms with van der Waals surface area (Å²) in [5.74, 6) is 1.47. The number of ether oxygens (including phenoxy) is 3. The molecule has 1 N–H and O–H groups in total. The zero-order valence-corrected chi connectivity index (χ0v) is 16.6. The number of benzene rings is 2. The maximum absolute atomic E-state index is 12.7. The second-order valence-corrected chi connectivity index (χ2v) is 6.46. The lowest BCUT2D eigenvalue weighted by molar-refractivity contribution is -0.121. The van der Waals surface area contributed by atoms with Gasteiger partial charge in [-0.3, -0.25) is 4.79 Å². The van der Waals surface area contributed by atoms with Crippen LogP contribution in [0.15, 0.2) is 42.5 Å². The Labute approximate surface area is 161 Å². The van der Waals surface area contributed by atoms with Crippen LogP contribution in [0.5, 0.6) is 17.2 Å². The van der Waals surface area contributed by atoms with Crippen molar-refractivity contribution in [2.24, 2.45) is 0 Å². The number of nitrogens with one attached hydrogen (secondary N) is 1. The molecule has 0 saturated heterocycles. The van der Waals surface area contributed by atoms with Gasteiger partial charge in [-0.25, -0.2) is 0 Å². The highest BCUT2D eigenvalue weighted by Crippen LogP contribution is 2.39. The highest BCUT2D eigenvalue weighted by atomic mass is 16.5. The molecular formula is C21H28N2O4. The average molecular weight is 372 g/mol. The number of likely N-dealkylation sites (N-methyl/N-ethyl adjacent to an activating group) is 1.